The van der Waals surface area contributed by atoms with E-state index in [1.54, 1.807) is 24.5 Å². The fourth-order valence-electron chi connectivity index (χ4n) is 1.87. The molecule has 5 heteroatoms. The maximum atomic E-state index is 6.25. The summed E-state index contributed by atoms with van der Waals surface area (Å²) in [5.41, 5.74) is 1.00. The molecule has 0 spiro atoms. The standard InChI is InChI=1S/C16H18Cl2N2O/c1-11(2)7-19-8-12-4-3-5-15(18)16(12)21-14-6-13(17)9-20-10-14/h3-6,9-11,19H,7-8H2,1-2H3. The Morgan fingerprint density at radius 1 is 1.24 bits per heavy atom. The van der Waals surface area contributed by atoms with Crippen molar-refractivity contribution in [2.75, 3.05) is 6.54 Å². The molecule has 0 unspecified atom stereocenters. The Bertz CT molecular complexity index is 603. The van der Waals surface area contributed by atoms with E-state index in [0.717, 1.165) is 12.1 Å². The summed E-state index contributed by atoms with van der Waals surface area (Å²) in [5, 5.41) is 4.48. The summed E-state index contributed by atoms with van der Waals surface area (Å²) in [5.74, 6) is 1.80. The molecule has 0 amide bonds. The number of halogens is 2. The highest BCUT2D eigenvalue weighted by Gasteiger charge is 2.10. The Balaban J connectivity index is 2.17. The van der Waals surface area contributed by atoms with Gasteiger partial charge in [-0.3, -0.25) is 4.98 Å². The third kappa shape index (κ3) is 4.88. The van der Waals surface area contributed by atoms with Crippen molar-refractivity contribution in [3.05, 3.63) is 52.3 Å². The van der Waals surface area contributed by atoms with Crippen LogP contribution in [-0.2, 0) is 6.54 Å². The Morgan fingerprint density at radius 3 is 2.76 bits per heavy atom. The monoisotopic (exact) mass is 324 g/mol. The molecule has 0 radical (unpaired) electrons. The van der Waals surface area contributed by atoms with Crippen molar-refractivity contribution in [3.8, 4) is 11.5 Å². The van der Waals surface area contributed by atoms with E-state index in [4.69, 9.17) is 27.9 Å². The molecule has 2 rings (SSSR count). The first-order valence-corrected chi connectivity index (χ1v) is 7.58. The van der Waals surface area contributed by atoms with Crippen molar-refractivity contribution in [1.29, 1.82) is 0 Å². The first kappa shape index (κ1) is 16.1. The molecule has 0 saturated heterocycles. The molecule has 0 atom stereocenters. The number of ether oxygens (including phenoxy) is 1. The molecular formula is C16H18Cl2N2O. The van der Waals surface area contributed by atoms with Gasteiger partial charge in [0.15, 0.2) is 5.75 Å². The van der Waals surface area contributed by atoms with Crippen LogP contribution >= 0.6 is 23.2 Å². The number of rotatable bonds is 6. The fraction of sp³-hybridized carbons (Fsp3) is 0.312. The molecule has 1 N–H and O–H groups in total. The minimum absolute atomic E-state index is 0.527. The van der Waals surface area contributed by atoms with Gasteiger partial charge in [0, 0.05) is 24.4 Å². The predicted octanol–water partition coefficient (Wildman–Crippen LogP) is 4.93. The topological polar surface area (TPSA) is 34.1 Å². The van der Waals surface area contributed by atoms with Gasteiger partial charge in [0.05, 0.1) is 16.2 Å². The molecule has 0 bridgehead atoms. The molecular weight excluding hydrogens is 307 g/mol. The van der Waals surface area contributed by atoms with E-state index in [2.05, 4.69) is 24.1 Å². The molecule has 0 aliphatic heterocycles. The van der Waals surface area contributed by atoms with Crippen LogP contribution in [0.3, 0.4) is 0 Å². The van der Waals surface area contributed by atoms with E-state index in [1.165, 1.54) is 0 Å². The van der Waals surface area contributed by atoms with E-state index in [1.807, 2.05) is 12.1 Å². The first-order chi connectivity index (χ1) is 10.1. The summed E-state index contributed by atoms with van der Waals surface area (Å²) >= 11 is 12.2. The lowest BCUT2D eigenvalue weighted by atomic mass is 10.1. The van der Waals surface area contributed by atoms with Crippen LogP contribution in [0.2, 0.25) is 10.0 Å². The fourth-order valence-corrected chi connectivity index (χ4v) is 2.27. The number of nitrogens with zero attached hydrogens (tertiary/aromatic N) is 1. The quantitative estimate of drug-likeness (QED) is 0.818. The van der Waals surface area contributed by atoms with Gasteiger partial charge in [-0.05, 0) is 18.5 Å². The summed E-state index contributed by atoms with van der Waals surface area (Å²) in [6.07, 6.45) is 3.17. The summed E-state index contributed by atoms with van der Waals surface area (Å²) in [4.78, 5) is 4.01. The van der Waals surface area contributed by atoms with Gasteiger partial charge >= 0.3 is 0 Å². The van der Waals surface area contributed by atoms with Crippen LogP contribution < -0.4 is 10.1 Å². The molecule has 0 aliphatic carbocycles. The van der Waals surface area contributed by atoms with Crippen molar-refractivity contribution in [2.45, 2.75) is 20.4 Å². The highest BCUT2D eigenvalue weighted by atomic mass is 35.5. The maximum Gasteiger partial charge on any atom is 0.150 e. The summed E-state index contributed by atoms with van der Waals surface area (Å²) in [6.45, 7) is 5.97. The zero-order valence-corrected chi connectivity index (χ0v) is 13.6. The Morgan fingerprint density at radius 2 is 2.05 bits per heavy atom. The van der Waals surface area contributed by atoms with Gasteiger partial charge in [-0.25, -0.2) is 0 Å². The summed E-state index contributed by atoms with van der Waals surface area (Å²) in [7, 11) is 0. The van der Waals surface area contributed by atoms with Crippen LogP contribution in [0.4, 0.5) is 0 Å². The van der Waals surface area contributed by atoms with Crippen LogP contribution in [0, 0.1) is 5.92 Å². The van der Waals surface area contributed by atoms with Gasteiger partial charge in [-0.1, -0.05) is 49.2 Å². The van der Waals surface area contributed by atoms with Crippen LogP contribution in [0.1, 0.15) is 19.4 Å². The average molecular weight is 325 g/mol. The van der Waals surface area contributed by atoms with Crippen molar-refractivity contribution in [2.24, 2.45) is 5.92 Å². The summed E-state index contributed by atoms with van der Waals surface area (Å²) < 4.78 is 5.86. The third-order valence-electron chi connectivity index (χ3n) is 2.82. The van der Waals surface area contributed by atoms with Crippen molar-refractivity contribution < 1.29 is 4.74 Å². The highest BCUT2D eigenvalue weighted by Crippen LogP contribution is 2.33. The zero-order chi connectivity index (χ0) is 15.2. The molecule has 0 saturated carbocycles. The van der Waals surface area contributed by atoms with Gasteiger partial charge in [0.1, 0.15) is 5.75 Å². The van der Waals surface area contributed by atoms with E-state index in [-0.39, 0.29) is 0 Å². The molecule has 2 aromatic rings. The number of hydrogen-bond acceptors (Lipinski definition) is 3. The second kappa shape index (κ2) is 7.64. The third-order valence-corrected chi connectivity index (χ3v) is 3.32. The number of benzene rings is 1. The molecule has 1 heterocycles. The number of pyridine rings is 1. The summed E-state index contributed by atoms with van der Waals surface area (Å²) in [6, 6.07) is 7.42. The number of nitrogens with one attached hydrogen (secondary N) is 1. The lowest BCUT2D eigenvalue weighted by molar-refractivity contribution is 0.467. The largest absolute Gasteiger partial charge is 0.454 e. The van der Waals surface area contributed by atoms with E-state index in [9.17, 15) is 0 Å². The second-order valence-electron chi connectivity index (χ2n) is 5.19. The maximum absolute atomic E-state index is 6.25. The Kier molecular flexibility index (Phi) is 5.85. The minimum Gasteiger partial charge on any atom is -0.454 e. The van der Waals surface area contributed by atoms with Gasteiger partial charge in [-0.2, -0.15) is 0 Å². The lowest BCUT2D eigenvalue weighted by Gasteiger charge is -2.14. The molecule has 112 valence electrons. The van der Waals surface area contributed by atoms with E-state index in [0.29, 0.717) is 34.0 Å². The number of hydrogen-bond donors (Lipinski definition) is 1. The van der Waals surface area contributed by atoms with Crippen molar-refractivity contribution in [1.82, 2.24) is 10.3 Å². The first-order valence-electron chi connectivity index (χ1n) is 6.82. The van der Waals surface area contributed by atoms with E-state index >= 15 is 0 Å². The van der Waals surface area contributed by atoms with Crippen LogP contribution in [0.5, 0.6) is 11.5 Å². The minimum atomic E-state index is 0.527. The number of para-hydroxylation sites is 1. The molecule has 1 aromatic heterocycles. The lowest BCUT2D eigenvalue weighted by Crippen LogP contribution is -2.19. The molecule has 3 nitrogen and oxygen atoms in total. The predicted molar refractivity (Wildman–Crippen MR) is 87.3 cm³/mol. The molecule has 0 fully saturated rings. The van der Waals surface area contributed by atoms with Crippen molar-refractivity contribution in [3.63, 3.8) is 0 Å². The highest BCUT2D eigenvalue weighted by molar-refractivity contribution is 6.32. The Labute approximate surface area is 135 Å². The SMILES string of the molecule is CC(C)CNCc1cccc(Cl)c1Oc1cncc(Cl)c1. The zero-order valence-electron chi connectivity index (χ0n) is 12.1. The smallest absolute Gasteiger partial charge is 0.150 e. The average Bonchev–Trinajstić information content (AvgIpc) is 2.42. The molecule has 0 aliphatic rings. The van der Waals surface area contributed by atoms with Crippen LogP contribution in [0.15, 0.2) is 36.7 Å². The Hall–Kier alpha value is -1.29. The van der Waals surface area contributed by atoms with Gasteiger partial charge in [0.2, 0.25) is 0 Å². The van der Waals surface area contributed by atoms with Crippen LogP contribution in [0.25, 0.3) is 0 Å². The second-order valence-corrected chi connectivity index (χ2v) is 6.04. The molecule has 21 heavy (non-hydrogen) atoms. The van der Waals surface area contributed by atoms with Gasteiger partial charge < -0.3 is 10.1 Å². The van der Waals surface area contributed by atoms with Crippen molar-refractivity contribution >= 4 is 23.2 Å². The number of aromatic nitrogens is 1. The van der Waals surface area contributed by atoms with Gasteiger partial charge in [0.25, 0.3) is 0 Å². The normalized spacial score (nSPS) is 10.9. The van der Waals surface area contributed by atoms with Gasteiger partial charge in [-0.15, -0.1) is 0 Å². The van der Waals surface area contributed by atoms with E-state index < -0.39 is 0 Å². The molecule has 1 aromatic carbocycles. The van der Waals surface area contributed by atoms with Crippen LogP contribution in [-0.4, -0.2) is 11.5 Å².